The van der Waals surface area contributed by atoms with Crippen LogP contribution in [0.1, 0.15) is 192 Å². The van der Waals surface area contributed by atoms with Gasteiger partial charge in [-0.15, -0.1) is 57.1 Å². The lowest BCUT2D eigenvalue weighted by Crippen LogP contribution is -2.57. The first-order valence-electron chi connectivity index (χ1n) is 35.6. The normalized spacial score (nSPS) is 27.0. The molecule has 37 nitrogen and oxygen atoms in total. The van der Waals surface area contributed by atoms with Gasteiger partial charge in [0.2, 0.25) is 29.5 Å². The van der Waals surface area contributed by atoms with Gasteiger partial charge >= 0.3 is 5.97 Å². The maximum Gasteiger partial charge on any atom is 0.357 e. The van der Waals surface area contributed by atoms with Crippen LogP contribution in [0.25, 0.3) is 5.57 Å². The average Bonchev–Trinajstić information content (AvgIpc) is 1.39. The lowest BCUT2D eigenvalue weighted by atomic mass is 9.80. The number of thioether (sulfide) groups is 1. The number of allylic oxidation sites excluding steroid dienone is 1. The molecular formula is C72H85N19O18S5. The minimum absolute atomic E-state index is 0.0136. The Morgan fingerprint density at radius 3 is 2.11 bits per heavy atom. The molecule has 11 amide bonds. The van der Waals surface area contributed by atoms with Crippen molar-refractivity contribution < 1.29 is 87.8 Å². The van der Waals surface area contributed by atoms with E-state index in [-0.39, 0.29) is 94.7 Å². The summed E-state index contributed by atoms with van der Waals surface area (Å²) >= 11 is 4.44. The standard InChI is InChI=1S/C72H85N19O18S5/c1-14-26(3)47-63(105)78-30(7)57(99)75-28(5)56(98)76-31(8)58(100)91-72-19-18-39(66-85-43(22-111-66)59(101)77-29(6)55(97)74-27(4)54(73)96)81-52(72)42-21-112-67(83-42)49(34(11)109-69(107)40-17-16-36-37(32(9)92)20-41(80-47)51(95)50(36)79-40)89-60(102)44-24-113-68(86-44)53(71(13,108)35(12)94)90-62(104)45-23-110-65(84-45)38(15-2)82-64(106)48(33(10)93)88-61(103)46-25-114-70(72)87-46/h15-17,20-22,24-26,30-35,41,45,47-49,51-53,80,92-95,108H,4-6,14,18-19,23H2,1-3,7-13H3,(H2,73,96)(H,74,97)(H,75,99)(H,76,98)(H,77,101)(H,78,105)(H,82,106)(H,88,103)(H,89,102)(H,90,104)(H,91,100)/b38-15-/t26-,30-,31-,32-,33+,34+,35+,41+,45+,47-,48-,49-,51-,52+,53+,71+,72+/m0/s1. The number of amides is 11. The number of carbonyl (C=O) groups excluding carboxylic acids is 12. The Bertz CT molecular complexity index is 4880. The number of fused-ring (bicyclic) bond motifs is 7. The number of aliphatic imine (C=N–C) groups is 2. The highest BCUT2D eigenvalue weighted by atomic mass is 32.2. The summed E-state index contributed by atoms with van der Waals surface area (Å²) in [7, 11) is 0. The molecular weight excluding hydrogens is 1580 g/mol. The fourth-order valence-electron chi connectivity index (χ4n) is 12.4. The number of aromatic nitrogens is 5. The van der Waals surface area contributed by atoms with Crippen molar-refractivity contribution in [2.24, 2.45) is 21.6 Å². The van der Waals surface area contributed by atoms with Crippen molar-refractivity contribution in [1.29, 1.82) is 0 Å². The maximum atomic E-state index is 15.4. The van der Waals surface area contributed by atoms with Crippen molar-refractivity contribution in [3.63, 3.8) is 0 Å². The Balaban J connectivity index is 1.17. The van der Waals surface area contributed by atoms with Gasteiger partial charge < -0.3 is 89.2 Å². The number of thiazole rings is 4. The van der Waals surface area contributed by atoms with Crippen LogP contribution in [0.2, 0.25) is 0 Å². The van der Waals surface area contributed by atoms with E-state index in [0.717, 1.165) is 57.1 Å². The van der Waals surface area contributed by atoms with Gasteiger partial charge in [0, 0.05) is 32.8 Å². The maximum absolute atomic E-state index is 15.4. The van der Waals surface area contributed by atoms with Gasteiger partial charge in [0.05, 0.1) is 70.3 Å². The second-order valence-electron chi connectivity index (χ2n) is 27.8. The topological polar surface area (TPSA) is 563 Å². The number of primary amides is 1. The number of hydrogen-bond acceptors (Lipinski definition) is 31. The number of nitrogens with zero attached hydrogens (tertiary/aromatic N) is 7. The molecule has 0 spiro atoms. The Labute approximate surface area is 671 Å². The Kier molecular flexibility index (Phi) is 26.7. The molecule has 9 heterocycles. The smallest absolute Gasteiger partial charge is 0.357 e. The zero-order chi connectivity index (χ0) is 83.4. The molecule has 5 aliphatic rings. The van der Waals surface area contributed by atoms with Gasteiger partial charge in [-0.05, 0) is 85.8 Å². The lowest BCUT2D eigenvalue weighted by molar-refractivity contribution is -0.131. The van der Waals surface area contributed by atoms with Crippen LogP contribution < -0.4 is 64.2 Å². The van der Waals surface area contributed by atoms with Crippen LogP contribution in [0.15, 0.2) is 98.3 Å². The van der Waals surface area contributed by atoms with Crippen molar-refractivity contribution in [2.45, 2.75) is 185 Å². The quantitative estimate of drug-likeness (QED) is 0.0596. The number of rotatable bonds is 12. The Morgan fingerprint density at radius 1 is 0.754 bits per heavy atom. The summed E-state index contributed by atoms with van der Waals surface area (Å²) in [6.45, 7) is 25.0. The number of aliphatic hydroxyl groups excluding tert-OH is 4. The molecule has 1 aliphatic carbocycles. The Morgan fingerprint density at radius 2 is 1.44 bits per heavy atom. The monoisotopic (exact) mass is 1660 g/mol. The van der Waals surface area contributed by atoms with E-state index in [9.17, 15) is 73.5 Å². The third kappa shape index (κ3) is 18.6. The predicted octanol–water partition coefficient (Wildman–Crippen LogP) is 0.472. The van der Waals surface area contributed by atoms with Crippen LogP contribution in [0.5, 0.6) is 0 Å². The molecule has 0 saturated carbocycles. The molecule has 114 heavy (non-hydrogen) atoms. The fraction of sp³-hybridized carbons (Fsp3) is 0.431. The van der Waals surface area contributed by atoms with Crippen LogP contribution in [-0.4, -0.2) is 204 Å². The summed E-state index contributed by atoms with van der Waals surface area (Å²) in [5, 5.41) is 92.2. The molecule has 13 bridgehead atoms. The van der Waals surface area contributed by atoms with E-state index in [2.05, 4.69) is 98.2 Å². The van der Waals surface area contributed by atoms with E-state index < -0.39 is 196 Å². The molecule has 0 saturated heterocycles. The zero-order valence-electron chi connectivity index (χ0n) is 63.0. The van der Waals surface area contributed by atoms with E-state index in [1.54, 1.807) is 20.8 Å². The number of nitrogens with one attached hydrogen (secondary N) is 11. The lowest BCUT2D eigenvalue weighted by Gasteiger charge is -2.41. The summed E-state index contributed by atoms with van der Waals surface area (Å²) in [6, 6.07) is -10.2. The molecule has 606 valence electrons. The number of esters is 1. The van der Waals surface area contributed by atoms with E-state index in [1.807, 2.05) is 0 Å². The largest absolute Gasteiger partial charge is 0.455 e. The predicted molar refractivity (Wildman–Crippen MR) is 418 cm³/mol. The van der Waals surface area contributed by atoms with E-state index in [0.29, 0.717) is 6.42 Å². The molecule has 0 radical (unpaired) electrons. The number of cyclic esters (lactones) is 1. The first-order valence-corrected chi connectivity index (χ1v) is 40.1. The third-order valence-corrected chi connectivity index (χ3v) is 24.3. The number of aliphatic hydroxyl groups is 5. The van der Waals surface area contributed by atoms with Gasteiger partial charge in [-0.25, -0.2) is 29.7 Å². The summed E-state index contributed by atoms with van der Waals surface area (Å²) < 4.78 is 6.24. The van der Waals surface area contributed by atoms with Gasteiger partial charge in [0.15, 0.2) is 0 Å². The van der Waals surface area contributed by atoms with Crippen molar-refractivity contribution in [3.05, 3.63) is 148 Å². The van der Waals surface area contributed by atoms with Crippen LogP contribution in [0, 0.1) is 5.92 Å². The first kappa shape index (κ1) is 85.9. The van der Waals surface area contributed by atoms with Gasteiger partial charge in [-0.3, -0.25) is 68.0 Å². The summed E-state index contributed by atoms with van der Waals surface area (Å²) in [5.74, 6) is -12.2. The molecule has 4 aliphatic heterocycles. The molecule has 0 fully saturated rings. The number of nitrogens with two attached hydrogens (primary N) is 1. The fourth-order valence-corrected chi connectivity index (χ4v) is 17.2. The van der Waals surface area contributed by atoms with Crippen molar-refractivity contribution in [1.82, 2.24) is 83.4 Å². The van der Waals surface area contributed by atoms with E-state index >= 15 is 9.59 Å². The summed E-state index contributed by atoms with van der Waals surface area (Å²) in [4.78, 5) is 203. The van der Waals surface area contributed by atoms with Crippen molar-refractivity contribution >= 4 is 144 Å². The van der Waals surface area contributed by atoms with Crippen molar-refractivity contribution in [2.75, 3.05) is 5.75 Å². The van der Waals surface area contributed by atoms with E-state index in [1.165, 1.54) is 94.3 Å². The van der Waals surface area contributed by atoms with Crippen LogP contribution in [-0.2, 0) is 48.6 Å². The highest BCUT2D eigenvalue weighted by Gasteiger charge is 2.51. The average molecular weight is 1660 g/mol. The second kappa shape index (κ2) is 35.5. The Hall–Kier alpha value is -10.5. The van der Waals surface area contributed by atoms with Crippen molar-refractivity contribution in [3.8, 4) is 0 Å². The molecule has 0 unspecified atom stereocenters. The van der Waals surface area contributed by atoms with Gasteiger partial charge in [0.25, 0.3) is 35.4 Å². The minimum Gasteiger partial charge on any atom is -0.455 e. The molecule has 0 aromatic carbocycles. The van der Waals surface area contributed by atoms with E-state index in [4.69, 9.17) is 25.4 Å². The highest BCUT2D eigenvalue weighted by molar-refractivity contribution is 8.14. The number of ether oxygens (including phenoxy) is 1. The SMILES string of the molecule is C=C(NC(=O)C(=C)NC(=O)c1csc(C2=N[C@@H]3c4csc(n4)[C@H]4NC(=O)c5csc(n5)[C@H]([C@](C)(O)[C@@H](C)O)NC(=O)[C@H]5CSC(=N5)/C(=C/C)NC(=O)[C@H]([C@@H](C)O)NC(=O)c5csc(n5)[C@]3(CC2)NC(=O)[C@H](C)NC(=O)C(=C)NC(=O)[C@H](C)NC(=O)[C@H]([C@@H](C)CC)N[C@@H]2C=C([C@H](C)O)c3ccc(nc3[C@H]2O)C(=O)O[C@@H]4C)n1)C(N)=O. The van der Waals surface area contributed by atoms with Crippen LogP contribution >= 0.6 is 57.1 Å². The number of carbonyl (C=O) groups is 12. The highest BCUT2D eigenvalue weighted by Crippen LogP contribution is 2.48. The van der Waals surface area contributed by atoms with Gasteiger partial charge in [0.1, 0.15) is 113 Å². The molecule has 10 rings (SSSR count). The molecule has 5 aromatic rings. The number of pyridine rings is 1. The second-order valence-corrected chi connectivity index (χ2v) is 32.3. The molecule has 42 heteroatoms. The summed E-state index contributed by atoms with van der Waals surface area (Å²) in [5.41, 5.74) is -1.57. The minimum atomic E-state index is -2.20. The van der Waals surface area contributed by atoms with Crippen LogP contribution in [0.3, 0.4) is 0 Å². The molecule has 18 N–H and O–H groups in total. The van der Waals surface area contributed by atoms with Gasteiger partial charge in [-0.2, -0.15) is 0 Å². The molecule has 5 aromatic heterocycles. The number of hydrogen-bond donors (Lipinski definition) is 17. The summed E-state index contributed by atoms with van der Waals surface area (Å²) in [6.07, 6.45) is -4.63. The molecule has 17 atom stereocenters. The van der Waals surface area contributed by atoms with Crippen LogP contribution in [0.4, 0.5) is 0 Å². The first-order chi connectivity index (χ1) is 53.7. The van der Waals surface area contributed by atoms with Gasteiger partial charge in [-0.1, -0.05) is 58.2 Å². The third-order valence-electron chi connectivity index (χ3n) is 19.5. The zero-order valence-corrected chi connectivity index (χ0v) is 67.1.